The van der Waals surface area contributed by atoms with Crippen molar-refractivity contribution in [2.45, 2.75) is 25.3 Å². The van der Waals surface area contributed by atoms with Crippen molar-refractivity contribution in [1.82, 2.24) is 5.01 Å². The Kier molecular flexibility index (Phi) is 6.63. The van der Waals surface area contributed by atoms with Crippen molar-refractivity contribution in [3.63, 3.8) is 0 Å². The molecule has 2 aliphatic rings. The third kappa shape index (κ3) is 4.78. The molecule has 1 fully saturated rings. The first-order chi connectivity index (χ1) is 17.7. The Labute approximate surface area is 209 Å². The van der Waals surface area contributed by atoms with Gasteiger partial charge in [-0.3, -0.25) is 9.59 Å². The van der Waals surface area contributed by atoms with Crippen LogP contribution in [-0.2, 0) is 31.5 Å². The summed E-state index contributed by atoms with van der Waals surface area (Å²) in [5.74, 6) is -5.20. The van der Waals surface area contributed by atoms with Gasteiger partial charge in [0, 0.05) is 5.69 Å². The molecule has 0 bridgehead atoms. The summed E-state index contributed by atoms with van der Waals surface area (Å²) in [6, 6.07) is 3.70. The van der Waals surface area contributed by atoms with E-state index in [4.69, 9.17) is 4.74 Å². The topological polar surface area (TPSA) is 108 Å². The smallest absolute Gasteiger partial charge is 0.416 e. The lowest BCUT2D eigenvalue weighted by atomic mass is 9.98. The lowest BCUT2D eigenvalue weighted by Crippen LogP contribution is -2.44. The summed E-state index contributed by atoms with van der Waals surface area (Å²) in [4.78, 5) is 52.3. The van der Waals surface area contributed by atoms with Crippen molar-refractivity contribution in [2.75, 3.05) is 16.8 Å². The molecule has 4 rings (SSSR count). The maximum absolute atomic E-state index is 13.3. The molecule has 0 aliphatic carbocycles. The van der Waals surface area contributed by atoms with Gasteiger partial charge in [-0.15, -0.1) is 0 Å². The maximum atomic E-state index is 13.3. The number of esters is 1. The lowest BCUT2D eigenvalue weighted by Gasteiger charge is -2.21. The minimum Gasteiger partial charge on any atom is -0.461 e. The Morgan fingerprint density at radius 2 is 1.55 bits per heavy atom. The first kappa shape index (κ1) is 26.6. The van der Waals surface area contributed by atoms with Gasteiger partial charge in [0.2, 0.25) is 5.91 Å². The normalized spacial score (nSPS) is 19.4. The Bertz CT molecular complexity index is 1360. The largest absolute Gasteiger partial charge is 0.461 e. The van der Waals surface area contributed by atoms with E-state index in [1.165, 1.54) is 6.92 Å². The van der Waals surface area contributed by atoms with E-state index in [1.807, 2.05) is 0 Å². The quantitative estimate of drug-likeness (QED) is 0.357. The van der Waals surface area contributed by atoms with E-state index < -0.39 is 70.7 Å². The average molecular weight is 542 g/mol. The van der Waals surface area contributed by atoms with Gasteiger partial charge in [-0.05, 0) is 43.3 Å². The molecule has 2 aromatic rings. The molecule has 0 radical (unpaired) electrons. The molecule has 15 heteroatoms. The van der Waals surface area contributed by atoms with Crippen LogP contribution in [-0.4, -0.2) is 47.2 Å². The first-order valence-electron chi connectivity index (χ1n) is 10.8. The molecule has 200 valence electrons. The van der Waals surface area contributed by atoms with Crippen molar-refractivity contribution < 1.29 is 50.3 Å². The fourth-order valence-electron chi connectivity index (χ4n) is 3.98. The number of nitrogens with zero attached hydrogens (tertiary/aromatic N) is 3. The second-order valence-corrected chi connectivity index (χ2v) is 8.04. The number of benzene rings is 2. The molecule has 38 heavy (non-hydrogen) atoms. The molecule has 2 atom stereocenters. The van der Waals surface area contributed by atoms with E-state index in [9.17, 15) is 45.5 Å². The zero-order valence-corrected chi connectivity index (χ0v) is 19.1. The highest BCUT2D eigenvalue weighted by molar-refractivity contribution is 6.47. The number of rotatable bonds is 4. The number of halogens is 6. The third-order valence-electron chi connectivity index (χ3n) is 5.61. The van der Waals surface area contributed by atoms with E-state index in [0.717, 1.165) is 36.4 Å². The number of fused-ring (bicyclic) bond motifs is 1. The summed E-state index contributed by atoms with van der Waals surface area (Å²) >= 11 is 0. The van der Waals surface area contributed by atoms with Crippen LogP contribution in [0.15, 0.2) is 53.6 Å². The van der Waals surface area contributed by atoms with Crippen LogP contribution in [0.3, 0.4) is 0 Å². The Morgan fingerprint density at radius 1 is 0.947 bits per heavy atom. The molecule has 1 N–H and O–H groups in total. The number of hydrogen-bond acceptors (Lipinski definition) is 6. The summed E-state index contributed by atoms with van der Waals surface area (Å²) < 4.78 is 83.6. The third-order valence-corrected chi connectivity index (χ3v) is 5.61. The van der Waals surface area contributed by atoms with Crippen molar-refractivity contribution >= 4 is 40.9 Å². The molecular formula is C23H16F6N4O5. The van der Waals surface area contributed by atoms with Crippen LogP contribution < -0.4 is 10.2 Å². The van der Waals surface area contributed by atoms with Gasteiger partial charge in [0.1, 0.15) is 5.92 Å². The minimum absolute atomic E-state index is 0.175. The summed E-state index contributed by atoms with van der Waals surface area (Å²) in [6.07, 6.45) is -9.53. The molecule has 2 aliphatic heterocycles. The molecule has 2 aromatic carbocycles. The van der Waals surface area contributed by atoms with Crippen LogP contribution in [0.1, 0.15) is 18.1 Å². The number of carbonyl (C=O) groups is 4. The molecule has 0 aromatic heterocycles. The fourth-order valence-corrected chi connectivity index (χ4v) is 3.98. The van der Waals surface area contributed by atoms with E-state index in [2.05, 4.69) is 10.4 Å². The maximum Gasteiger partial charge on any atom is 0.416 e. The number of hydrogen-bond donors (Lipinski definition) is 1. The van der Waals surface area contributed by atoms with Gasteiger partial charge in [-0.1, -0.05) is 12.1 Å². The molecular weight excluding hydrogens is 526 g/mol. The second-order valence-electron chi connectivity index (χ2n) is 8.04. The number of alkyl halides is 6. The summed E-state index contributed by atoms with van der Waals surface area (Å²) in [6.45, 7) is 1.25. The number of amides is 4. The molecule has 1 saturated heterocycles. The molecule has 0 saturated carbocycles. The van der Waals surface area contributed by atoms with E-state index >= 15 is 0 Å². The fraction of sp³-hybridized carbons (Fsp3) is 0.261. The Balaban J connectivity index is 1.70. The number of hydrazone groups is 1. The first-order valence-corrected chi connectivity index (χ1v) is 10.8. The summed E-state index contributed by atoms with van der Waals surface area (Å²) in [7, 11) is 0. The van der Waals surface area contributed by atoms with Gasteiger partial charge >= 0.3 is 24.4 Å². The molecule has 4 amide bonds. The van der Waals surface area contributed by atoms with Crippen LogP contribution >= 0.6 is 0 Å². The summed E-state index contributed by atoms with van der Waals surface area (Å²) in [5.41, 5.74) is -3.72. The van der Waals surface area contributed by atoms with Gasteiger partial charge < -0.3 is 10.1 Å². The van der Waals surface area contributed by atoms with Crippen molar-refractivity contribution in [2.24, 2.45) is 11.0 Å². The van der Waals surface area contributed by atoms with Gasteiger partial charge in [0.05, 0.1) is 23.4 Å². The highest BCUT2D eigenvalue weighted by atomic mass is 19.4. The van der Waals surface area contributed by atoms with Gasteiger partial charge in [-0.25, -0.2) is 19.5 Å². The number of imide groups is 1. The monoisotopic (exact) mass is 542 g/mol. The molecule has 0 unspecified atom stereocenters. The van der Waals surface area contributed by atoms with Crippen LogP contribution in [0.4, 0.5) is 42.5 Å². The van der Waals surface area contributed by atoms with Crippen LogP contribution in [0.2, 0.25) is 0 Å². The van der Waals surface area contributed by atoms with Crippen molar-refractivity contribution in [3.8, 4) is 0 Å². The number of ether oxygens (including phenoxy) is 1. The second kappa shape index (κ2) is 9.46. The number of nitrogens with one attached hydrogen (secondary N) is 1. The lowest BCUT2D eigenvalue weighted by molar-refractivity contribution is -0.138. The highest BCUT2D eigenvalue weighted by Crippen LogP contribution is 2.38. The zero-order valence-electron chi connectivity index (χ0n) is 19.1. The highest BCUT2D eigenvalue weighted by Gasteiger charge is 2.60. The zero-order chi connectivity index (χ0) is 28.0. The van der Waals surface area contributed by atoms with Crippen molar-refractivity contribution in [1.29, 1.82) is 0 Å². The van der Waals surface area contributed by atoms with Gasteiger partial charge in [-0.2, -0.15) is 31.4 Å². The van der Waals surface area contributed by atoms with Crippen LogP contribution in [0, 0.1) is 5.92 Å². The van der Waals surface area contributed by atoms with Crippen LogP contribution in [0.5, 0.6) is 0 Å². The SMILES string of the molecule is CCOC(=O)C1=NN(C(=O)Nc2cccc(C(F)(F)F)c2)[C@@H]2C(=O)N(c3cccc(C(F)(F)F)c3)C(=O)[C@H]12. The number of urea groups is 1. The Hall–Kier alpha value is -4.43. The standard InChI is InChI=1S/C23H16F6N4O5/c1-2-38-20(36)16-15-17(19(35)32(18(15)34)14-8-4-6-12(10-14)23(27,28)29)33(31-16)21(37)30-13-7-3-5-11(9-13)22(24,25)26/h3-10,15,17H,2H2,1H3,(H,30,37)/t15-,17+/m1/s1. The van der Waals surface area contributed by atoms with Gasteiger partial charge in [0.15, 0.2) is 11.8 Å². The average Bonchev–Trinajstić information content (AvgIpc) is 3.35. The number of carbonyl (C=O) groups excluding carboxylic acids is 4. The molecule has 0 spiro atoms. The van der Waals surface area contributed by atoms with Crippen molar-refractivity contribution in [3.05, 3.63) is 59.7 Å². The molecule has 9 nitrogen and oxygen atoms in total. The van der Waals surface area contributed by atoms with E-state index in [1.54, 1.807) is 0 Å². The predicted molar refractivity (Wildman–Crippen MR) is 118 cm³/mol. The van der Waals surface area contributed by atoms with Crippen LogP contribution in [0.25, 0.3) is 0 Å². The summed E-state index contributed by atoms with van der Waals surface area (Å²) in [5, 5.41) is 6.25. The van der Waals surface area contributed by atoms with E-state index in [0.29, 0.717) is 22.0 Å². The Morgan fingerprint density at radius 3 is 2.16 bits per heavy atom. The number of anilines is 2. The van der Waals surface area contributed by atoms with Gasteiger partial charge in [0.25, 0.3) is 5.91 Å². The minimum atomic E-state index is -4.80. The predicted octanol–water partition coefficient (Wildman–Crippen LogP) is 4.05. The molecule has 2 heterocycles. The van der Waals surface area contributed by atoms with E-state index in [-0.39, 0.29) is 12.3 Å².